The van der Waals surface area contributed by atoms with Crippen LogP contribution in [0, 0.1) is 6.92 Å². The highest BCUT2D eigenvalue weighted by molar-refractivity contribution is 5.96. The zero-order valence-electron chi connectivity index (χ0n) is 14.3. The molecular formula is C18H22N2O5. The Hall–Kier alpha value is -2.54. The first-order valence-corrected chi connectivity index (χ1v) is 8.30. The van der Waals surface area contributed by atoms with Gasteiger partial charge in [-0.1, -0.05) is 0 Å². The number of carbonyl (C=O) groups is 2. The Balaban J connectivity index is 1.63. The van der Waals surface area contributed by atoms with Crippen LogP contribution in [0.5, 0.6) is 0 Å². The van der Waals surface area contributed by atoms with Crippen LogP contribution < -0.4 is 5.32 Å². The van der Waals surface area contributed by atoms with E-state index in [1.165, 1.54) is 11.2 Å². The second-order valence-corrected chi connectivity index (χ2v) is 6.54. The maximum atomic E-state index is 12.5. The van der Waals surface area contributed by atoms with E-state index in [0.29, 0.717) is 24.5 Å². The van der Waals surface area contributed by atoms with Crippen LogP contribution in [0.3, 0.4) is 0 Å². The molecule has 2 aromatic rings. The minimum atomic E-state index is -1.32. The molecule has 134 valence electrons. The zero-order chi connectivity index (χ0) is 18.0. The molecule has 7 nitrogen and oxygen atoms in total. The summed E-state index contributed by atoms with van der Waals surface area (Å²) in [5.74, 6) is 0.711. The maximum Gasteiger partial charge on any atom is 0.290 e. The van der Waals surface area contributed by atoms with E-state index in [1.807, 2.05) is 0 Å². The number of rotatable bonds is 5. The number of furan rings is 2. The molecule has 0 saturated carbocycles. The summed E-state index contributed by atoms with van der Waals surface area (Å²) < 4.78 is 10.6. The molecular weight excluding hydrogens is 324 g/mol. The molecule has 2 atom stereocenters. The highest BCUT2D eigenvalue weighted by Crippen LogP contribution is 2.23. The SMILES string of the molecule is Cc1ccc(C(C)(O)CNC(=O)C2CCCN2C(=O)c2ccco2)o1. The normalized spacial score (nSPS) is 19.6. The molecule has 0 aliphatic carbocycles. The average molecular weight is 346 g/mol. The molecule has 25 heavy (non-hydrogen) atoms. The first-order valence-electron chi connectivity index (χ1n) is 8.30. The molecule has 0 spiro atoms. The summed E-state index contributed by atoms with van der Waals surface area (Å²) in [6.07, 6.45) is 2.76. The molecule has 2 N–H and O–H groups in total. The number of nitrogens with zero attached hydrogens (tertiary/aromatic N) is 1. The molecule has 2 unspecified atom stereocenters. The van der Waals surface area contributed by atoms with Gasteiger partial charge in [0.15, 0.2) is 5.76 Å². The van der Waals surface area contributed by atoms with Gasteiger partial charge in [-0.25, -0.2) is 0 Å². The van der Waals surface area contributed by atoms with E-state index in [2.05, 4.69) is 5.32 Å². The van der Waals surface area contributed by atoms with Crippen LogP contribution in [-0.4, -0.2) is 41.0 Å². The van der Waals surface area contributed by atoms with Gasteiger partial charge in [-0.3, -0.25) is 9.59 Å². The molecule has 3 rings (SSSR count). The van der Waals surface area contributed by atoms with Crippen LogP contribution >= 0.6 is 0 Å². The Kier molecular flexibility index (Phi) is 4.67. The molecule has 3 heterocycles. The van der Waals surface area contributed by atoms with Gasteiger partial charge in [0.2, 0.25) is 5.91 Å². The van der Waals surface area contributed by atoms with Crippen LogP contribution in [0.4, 0.5) is 0 Å². The Morgan fingerprint density at radius 2 is 2.20 bits per heavy atom. The monoisotopic (exact) mass is 346 g/mol. The molecule has 2 amide bonds. The molecule has 1 aliphatic heterocycles. The van der Waals surface area contributed by atoms with Crippen molar-refractivity contribution in [3.05, 3.63) is 47.8 Å². The summed E-state index contributed by atoms with van der Waals surface area (Å²) in [6.45, 7) is 3.87. The lowest BCUT2D eigenvalue weighted by atomic mass is 10.0. The third-order valence-corrected chi connectivity index (χ3v) is 4.43. The predicted molar refractivity (Wildman–Crippen MR) is 88.8 cm³/mol. The lowest BCUT2D eigenvalue weighted by molar-refractivity contribution is -0.126. The van der Waals surface area contributed by atoms with Gasteiger partial charge >= 0.3 is 0 Å². The highest BCUT2D eigenvalue weighted by atomic mass is 16.4. The van der Waals surface area contributed by atoms with E-state index in [4.69, 9.17) is 8.83 Å². The summed E-state index contributed by atoms with van der Waals surface area (Å²) in [7, 11) is 0. The lowest BCUT2D eigenvalue weighted by Gasteiger charge is -2.26. The molecule has 0 aromatic carbocycles. The first-order chi connectivity index (χ1) is 11.9. The van der Waals surface area contributed by atoms with Gasteiger partial charge in [0.05, 0.1) is 12.8 Å². The summed E-state index contributed by atoms with van der Waals surface area (Å²) in [5, 5.41) is 13.2. The molecule has 1 aliphatic rings. The van der Waals surface area contributed by atoms with E-state index in [0.717, 1.165) is 6.42 Å². The second kappa shape index (κ2) is 6.76. The Labute approximate surface area is 145 Å². The van der Waals surface area contributed by atoms with Gasteiger partial charge in [-0.2, -0.15) is 0 Å². The number of aryl methyl sites for hydroxylation is 1. The van der Waals surface area contributed by atoms with Crippen molar-refractivity contribution in [1.82, 2.24) is 10.2 Å². The maximum absolute atomic E-state index is 12.5. The van der Waals surface area contributed by atoms with Crippen LogP contribution in [0.15, 0.2) is 39.4 Å². The Morgan fingerprint density at radius 3 is 2.84 bits per heavy atom. The Morgan fingerprint density at radius 1 is 1.40 bits per heavy atom. The van der Waals surface area contributed by atoms with E-state index < -0.39 is 11.6 Å². The van der Waals surface area contributed by atoms with Crippen LogP contribution in [0.1, 0.15) is 41.8 Å². The van der Waals surface area contributed by atoms with Crippen LogP contribution in [0.2, 0.25) is 0 Å². The number of nitrogens with one attached hydrogen (secondary N) is 1. The number of hydrogen-bond acceptors (Lipinski definition) is 5. The number of amides is 2. The lowest BCUT2D eigenvalue weighted by Crippen LogP contribution is -2.48. The van der Waals surface area contributed by atoms with Gasteiger partial charge < -0.3 is 24.2 Å². The number of hydrogen-bond donors (Lipinski definition) is 2. The minimum Gasteiger partial charge on any atom is -0.463 e. The van der Waals surface area contributed by atoms with Crippen molar-refractivity contribution in [3.8, 4) is 0 Å². The van der Waals surface area contributed by atoms with Gasteiger partial charge in [0.1, 0.15) is 23.2 Å². The smallest absolute Gasteiger partial charge is 0.290 e. The topological polar surface area (TPSA) is 95.9 Å². The molecule has 2 aromatic heterocycles. The van der Waals surface area contributed by atoms with Crippen LogP contribution in [0.25, 0.3) is 0 Å². The van der Waals surface area contributed by atoms with Crippen molar-refractivity contribution in [2.45, 2.75) is 38.3 Å². The minimum absolute atomic E-state index is 0.00192. The van der Waals surface area contributed by atoms with Gasteiger partial charge in [-0.15, -0.1) is 0 Å². The molecule has 0 radical (unpaired) electrons. The largest absolute Gasteiger partial charge is 0.463 e. The van der Waals surface area contributed by atoms with Crippen molar-refractivity contribution in [1.29, 1.82) is 0 Å². The molecule has 0 bridgehead atoms. The number of likely N-dealkylation sites (tertiary alicyclic amines) is 1. The predicted octanol–water partition coefficient (Wildman–Crippen LogP) is 1.81. The molecule has 1 fully saturated rings. The standard InChI is InChI=1S/C18H22N2O5/c1-12-7-8-15(25-12)18(2,23)11-19-16(21)13-5-3-9-20(13)17(22)14-6-4-10-24-14/h4,6-8,10,13,23H,3,5,9,11H2,1-2H3,(H,19,21). The fourth-order valence-corrected chi connectivity index (χ4v) is 3.01. The summed E-state index contributed by atoms with van der Waals surface area (Å²) >= 11 is 0. The van der Waals surface area contributed by atoms with E-state index in [-0.39, 0.29) is 24.1 Å². The molecule has 1 saturated heterocycles. The van der Waals surface area contributed by atoms with Gasteiger partial charge in [-0.05, 0) is 51.0 Å². The number of aliphatic hydroxyl groups is 1. The zero-order valence-corrected chi connectivity index (χ0v) is 14.3. The Bertz CT molecular complexity index is 747. The van der Waals surface area contributed by atoms with Crippen molar-refractivity contribution >= 4 is 11.8 Å². The fraction of sp³-hybridized carbons (Fsp3) is 0.444. The quantitative estimate of drug-likeness (QED) is 0.861. The summed E-state index contributed by atoms with van der Waals surface area (Å²) in [6, 6.07) is 6.10. The van der Waals surface area contributed by atoms with Gasteiger partial charge in [0, 0.05) is 6.54 Å². The summed E-state index contributed by atoms with van der Waals surface area (Å²) in [4.78, 5) is 26.5. The number of carbonyl (C=O) groups excluding carboxylic acids is 2. The van der Waals surface area contributed by atoms with Crippen molar-refractivity contribution in [3.63, 3.8) is 0 Å². The first kappa shape index (κ1) is 17.3. The van der Waals surface area contributed by atoms with E-state index >= 15 is 0 Å². The van der Waals surface area contributed by atoms with Crippen molar-refractivity contribution in [2.24, 2.45) is 0 Å². The van der Waals surface area contributed by atoms with Crippen molar-refractivity contribution in [2.75, 3.05) is 13.1 Å². The fourth-order valence-electron chi connectivity index (χ4n) is 3.01. The second-order valence-electron chi connectivity index (χ2n) is 6.54. The van der Waals surface area contributed by atoms with E-state index in [1.54, 1.807) is 38.1 Å². The summed E-state index contributed by atoms with van der Waals surface area (Å²) in [5.41, 5.74) is -1.32. The third-order valence-electron chi connectivity index (χ3n) is 4.43. The third kappa shape index (κ3) is 3.61. The van der Waals surface area contributed by atoms with Crippen molar-refractivity contribution < 1.29 is 23.5 Å². The van der Waals surface area contributed by atoms with E-state index in [9.17, 15) is 14.7 Å². The highest BCUT2D eigenvalue weighted by Gasteiger charge is 2.36. The van der Waals surface area contributed by atoms with Gasteiger partial charge in [0.25, 0.3) is 5.91 Å². The molecule has 7 heteroatoms. The van der Waals surface area contributed by atoms with Crippen LogP contribution in [-0.2, 0) is 10.4 Å². The average Bonchev–Trinajstić information content (AvgIpc) is 3.32.